The Bertz CT molecular complexity index is 115. The minimum absolute atomic E-state index is 0. The fourth-order valence-electron chi connectivity index (χ4n) is 0.459. The summed E-state index contributed by atoms with van der Waals surface area (Å²) in [6.07, 6.45) is 0. The van der Waals surface area contributed by atoms with Crippen molar-refractivity contribution < 1.29 is 9.90 Å². The number of rotatable bonds is 5. The number of hydrogen-bond donors (Lipinski definition) is 3. The van der Waals surface area contributed by atoms with Crippen LogP contribution in [0, 0.1) is 0 Å². The van der Waals surface area contributed by atoms with E-state index in [1.165, 1.54) is 0 Å². The second kappa shape index (κ2) is 8.46. The Morgan fingerprint density at radius 3 is 2.55 bits per heavy atom. The van der Waals surface area contributed by atoms with Gasteiger partial charge in [0.15, 0.2) is 0 Å². The monoisotopic (exact) mass is 219 g/mol. The van der Waals surface area contributed by atoms with Gasteiger partial charge in [0.1, 0.15) is 6.04 Å². The van der Waals surface area contributed by atoms with Crippen LogP contribution < -0.4 is 5.32 Å². The predicted octanol–water partition coefficient (Wildman–Crippen LogP) is 0.620. The van der Waals surface area contributed by atoms with Crippen molar-refractivity contribution in [1.82, 2.24) is 5.32 Å². The average Bonchev–Trinajstić information content (AvgIpc) is 1.89. The predicted molar refractivity (Wildman–Crippen MR) is 51.2 cm³/mol. The van der Waals surface area contributed by atoms with Crippen LogP contribution in [0.2, 0.25) is 0 Å². The van der Waals surface area contributed by atoms with Crippen molar-refractivity contribution in [2.75, 3.05) is 18.2 Å². The number of halogens is 2. The van der Waals surface area contributed by atoms with E-state index in [2.05, 4.69) is 17.9 Å². The van der Waals surface area contributed by atoms with E-state index in [9.17, 15) is 4.79 Å². The number of hydrogen-bond acceptors (Lipinski definition) is 3. The molecule has 0 radical (unpaired) electrons. The Morgan fingerprint density at radius 2 is 2.27 bits per heavy atom. The van der Waals surface area contributed by atoms with Gasteiger partial charge in [-0.15, -0.1) is 24.0 Å². The van der Waals surface area contributed by atoms with Crippen LogP contribution in [0.4, 0.5) is 0 Å². The number of aliphatic carboxylic acids is 1. The molecule has 0 aromatic carbocycles. The molecule has 0 rings (SSSR count). The highest BCUT2D eigenvalue weighted by Crippen LogP contribution is 1.87. The molecule has 1 atom stereocenters. The zero-order valence-corrected chi connectivity index (χ0v) is 8.25. The normalized spacial score (nSPS) is 11.8. The van der Waals surface area contributed by atoms with Crippen molar-refractivity contribution in [1.29, 1.82) is 0 Å². The van der Waals surface area contributed by atoms with E-state index in [0.717, 1.165) is 0 Å². The molecule has 1 unspecified atom stereocenters. The minimum Gasteiger partial charge on any atom is -0.480 e. The van der Waals surface area contributed by atoms with Crippen molar-refractivity contribution in [3.63, 3.8) is 0 Å². The topological polar surface area (TPSA) is 49.3 Å². The number of carbonyl (C=O) groups is 1. The van der Waals surface area contributed by atoms with Gasteiger partial charge in [-0.3, -0.25) is 4.79 Å². The van der Waals surface area contributed by atoms with Crippen LogP contribution in [0.1, 0.15) is 0 Å². The minimum atomic E-state index is -0.889. The van der Waals surface area contributed by atoms with Crippen molar-refractivity contribution in [3.05, 3.63) is 0 Å². The van der Waals surface area contributed by atoms with E-state index in [4.69, 9.17) is 16.7 Å². The highest BCUT2D eigenvalue weighted by atomic mass is 35.5. The average molecular weight is 220 g/mol. The standard InChI is InChI=1S/C5H10ClNO2S.ClH/c6-1-2-7-4(3-10)5(8)9;/h4,7,10H,1-3H2,(H,8,9);1H. The number of thiol groups is 1. The van der Waals surface area contributed by atoms with Gasteiger partial charge in [0.05, 0.1) is 0 Å². The van der Waals surface area contributed by atoms with Gasteiger partial charge >= 0.3 is 5.97 Å². The molecular formula is C5H11Cl2NO2S. The lowest BCUT2D eigenvalue weighted by molar-refractivity contribution is -0.138. The fourth-order valence-corrected chi connectivity index (χ4v) is 0.853. The fraction of sp³-hybridized carbons (Fsp3) is 0.800. The molecule has 11 heavy (non-hydrogen) atoms. The molecule has 2 N–H and O–H groups in total. The molecule has 0 aromatic rings. The first-order valence-electron chi connectivity index (χ1n) is 2.85. The number of alkyl halides is 1. The molecule has 0 aromatic heterocycles. The molecule has 0 saturated carbocycles. The Labute approximate surface area is 82.3 Å². The Kier molecular flexibility index (Phi) is 10.7. The number of carboxylic acids is 1. The third kappa shape index (κ3) is 6.75. The summed E-state index contributed by atoms with van der Waals surface area (Å²) < 4.78 is 0. The van der Waals surface area contributed by atoms with Gasteiger partial charge in [-0.2, -0.15) is 12.6 Å². The highest BCUT2D eigenvalue weighted by molar-refractivity contribution is 7.80. The molecular weight excluding hydrogens is 209 g/mol. The van der Waals surface area contributed by atoms with Gasteiger partial charge in [0.25, 0.3) is 0 Å². The van der Waals surface area contributed by atoms with Crippen molar-refractivity contribution in [2.45, 2.75) is 6.04 Å². The van der Waals surface area contributed by atoms with E-state index in [0.29, 0.717) is 12.4 Å². The van der Waals surface area contributed by atoms with Crippen LogP contribution in [0.15, 0.2) is 0 Å². The number of nitrogens with one attached hydrogen (secondary N) is 1. The summed E-state index contributed by atoms with van der Waals surface area (Å²) >= 11 is 9.17. The molecule has 0 fully saturated rings. The van der Waals surface area contributed by atoms with Crippen molar-refractivity contribution in [3.8, 4) is 0 Å². The highest BCUT2D eigenvalue weighted by Gasteiger charge is 2.12. The van der Waals surface area contributed by atoms with Gasteiger partial charge in [0.2, 0.25) is 0 Å². The third-order valence-electron chi connectivity index (χ3n) is 0.966. The molecule has 3 nitrogen and oxygen atoms in total. The quantitative estimate of drug-likeness (QED) is 0.470. The molecule has 0 aliphatic rings. The first-order chi connectivity index (χ1) is 4.72. The Balaban J connectivity index is 0. The van der Waals surface area contributed by atoms with Crippen molar-refractivity contribution in [2.24, 2.45) is 0 Å². The summed E-state index contributed by atoms with van der Waals surface area (Å²) in [5, 5.41) is 11.2. The summed E-state index contributed by atoms with van der Waals surface area (Å²) in [5.74, 6) is -0.191. The lowest BCUT2D eigenvalue weighted by Crippen LogP contribution is -2.39. The second-order valence-electron chi connectivity index (χ2n) is 1.72. The van der Waals surface area contributed by atoms with Gasteiger partial charge in [0, 0.05) is 18.2 Å². The van der Waals surface area contributed by atoms with Crippen LogP contribution in [0.25, 0.3) is 0 Å². The molecule has 0 aliphatic heterocycles. The molecule has 0 aliphatic carbocycles. The van der Waals surface area contributed by atoms with Gasteiger partial charge in [-0.1, -0.05) is 0 Å². The van der Waals surface area contributed by atoms with E-state index in [1.54, 1.807) is 0 Å². The van der Waals surface area contributed by atoms with Gasteiger partial charge in [-0.05, 0) is 0 Å². The van der Waals surface area contributed by atoms with Gasteiger partial charge in [-0.25, -0.2) is 0 Å². The maximum Gasteiger partial charge on any atom is 0.321 e. The summed E-state index contributed by atoms with van der Waals surface area (Å²) in [7, 11) is 0. The van der Waals surface area contributed by atoms with Crippen LogP contribution in [0.5, 0.6) is 0 Å². The van der Waals surface area contributed by atoms with Gasteiger partial charge < -0.3 is 10.4 Å². The second-order valence-corrected chi connectivity index (χ2v) is 2.46. The molecule has 0 amide bonds. The Morgan fingerprint density at radius 1 is 1.73 bits per heavy atom. The maximum absolute atomic E-state index is 10.3. The molecule has 0 bridgehead atoms. The van der Waals surface area contributed by atoms with E-state index >= 15 is 0 Å². The first kappa shape index (κ1) is 13.9. The van der Waals surface area contributed by atoms with Crippen LogP contribution in [0.3, 0.4) is 0 Å². The van der Waals surface area contributed by atoms with Crippen LogP contribution in [-0.4, -0.2) is 35.3 Å². The summed E-state index contributed by atoms with van der Waals surface area (Å²) in [6, 6.07) is -0.581. The van der Waals surface area contributed by atoms with E-state index in [1.807, 2.05) is 0 Å². The molecule has 68 valence electrons. The third-order valence-corrected chi connectivity index (χ3v) is 1.52. The molecule has 0 spiro atoms. The lowest BCUT2D eigenvalue weighted by Gasteiger charge is -2.08. The first-order valence-corrected chi connectivity index (χ1v) is 4.02. The summed E-state index contributed by atoms with van der Waals surface area (Å²) in [6.45, 7) is 0.499. The SMILES string of the molecule is Cl.O=C(O)C(CS)NCCCl. The lowest BCUT2D eigenvalue weighted by atomic mass is 10.3. The zero-order chi connectivity index (χ0) is 7.98. The zero-order valence-electron chi connectivity index (χ0n) is 5.79. The maximum atomic E-state index is 10.3. The summed E-state index contributed by atoms with van der Waals surface area (Å²) in [4.78, 5) is 10.3. The Hall–Kier alpha value is 0.360. The smallest absolute Gasteiger partial charge is 0.321 e. The molecule has 0 heterocycles. The van der Waals surface area contributed by atoms with Crippen LogP contribution >= 0.6 is 36.6 Å². The van der Waals surface area contributed by atoms with Crippen LogP contribution in [-0.2, 0) is 4.79 Å². The molecule has 0 saturated heterocycles. The van der Waals surface area contributed by atoms with E-state index < -0.39 is 12.0 Å². The summed E-state index contributed by atoms with van der Waals surface area (Å²) in [5.41, 5.74) is 0. The largest absolute Gasteiger partial charge is 0.480 e. The van der Waals surface area contributed by atoms with E-state index in [-0.39, 0.29) is 18.2 Å². The molecule has 6 heteroatoms. The van der Waals surface area contributed by atoms with Crippen molar-refractivity contribution >= 4 is 42.6 Å². The number of carboxylic acid groups (broad SMARTS) is 1.